The maximum Gasteiger partial charge on any atom is 0.283 e. The zero-order chi connectivity index (χ0) is 21.0. The summed E-state index contributed by atoms with van der Waals surface area (Å²) in [5, 5.41) is 25.5. The quantitative estimate of drug-likeness (QED) is 0.445. The van der Waals surface area contributed by atoms with Crippen molar-refractivity contribution in [2.75, 3.05) is 10.6 Å². The summed E-state index contributed by atoms with van der Waals surface area (Å²) in [6.07, 6.45) is 0.694. The summed E-state index contributed by atoms with van der Waals surface area (Å²) >= 11 is 7.03. The van der Waals surface area contributed by atoms with Crippen molar-refractivity contribution in [2.24, 2.45) is 0 Å². The molecule has 0 aliphatic rings. The fraction of sp³-hybridized carbons (Fsp3) is 0.111. The monoisotopic (exact) mass is 431 g/mol. The van der Waals surface area contributed by atoms with Crippen LogP contribution in [-0.4, -0.2) is 26.9 Å². The van der Waals surface area contributed by atoms with Gasteiger partial charge in [-0.25, -0.2) is 0 Å². The van der Waals surface area contributed by atoms with Crippen LogP contribution in [0.25, 0.3) is 0 Å². The summed E-state index contributed by atoms with van der Waals surface area (Å²) in [7, 11) is 0. The van der Waals surface area contributed by atoms with Gasteiger partial charge in [-0.05, 0) is 30.7 Å². The number of hydrogen-bond donors (Lipinski definition) is 2. The lowest BCUT2D eigenvalue weighted by Gasteiger charge is -2.10. The number of nitro benzene ring substituents is 1. The Hall–Kier alpha value is -3.37. The Kier molecular flexibility index (Phi) is 6.15. The summed E-state index contributed by atoms with van der Waals surface area (Å²) in [5.41, 5.74) is -0.241. The summed E-state index contributed by atoms with van der Waals surface area (Å²) in [6, 6.07) is 10.0. The summed E-state index contributed by atoms with van der Waals surface area (Å²) in [4.78, 5) is 35.8. The van der Waals surface area contributed by atoms with E-state index in [1.165, 1.54) is 35.6 Å². The van der Waals surface area contributed by atoms with Crippen molar-refractivity contribution in [3.63, 3.8) is 0 Å². The molecule has 3 rings (SSSR count). The third-order valence-corrected chi connectivity index (χ3v) is 5.03. The summed E-state index contributed by atoms with van der Waals surface area (Å²) in [5.74, 6) is -1.23. The van der Waals surface area contributed by atoms with Gasteiger partial charge in [0.05, 0.1) is 16.2 Å². The van der Waals surface area contributed by atoms with Crippen molar-refractivity contribution in [1.82, 2.24) is 10.2 Å². The van der Waals surface area contributed by atoms with Crippen LogP contribution < -0.4 is 10.6 Å². The van der Waals surface area contributed by atoms with Gasteiger partial charge < -0.3 is 5.32 Å². The number of hydrogen-bond acceptors (Lipinski definition) is 7. The first-order chi connectivity index (χ1) is 13.9. The van der Waals surface area contributed by atoms with Crippen LogP contribution in [0, 0.1) is 10.1 Å². The number of carbonyl (C=O) groups excluding carboxylic acids is 2. The Bertz CT molecular complexity index is 1100. The van der Waals surface area contributed by atoms with Crippen LogP contribution in [0.2, 0.25) is 5.02 Å². The number of nitro groups is 1. The molecule has 0 atom stereocenters. The lowest BCUT2D eigenvalue weighted by molar-refractivity contribution is -0.385. The minimum Gasteiger partial charge on any atom is -0.321 e. The standard InChI is InChI=1S/C18H14ClN5O4S/c1-2-15-22-23-18(29-15)21-16(25)11-5-3-4-6-13(11)20-17(26)12-8-7-10(19)9-14(12)24(27)28/h3-9H,2H2,1H3,(H,20,26)(H,21,23,25). The van der Waals surface area contributed by atoms with E-state index in [-0.39, 0.29) is 21.8 Å². The molecule has 0 spiro atoms. The van der Waals surface area contributed by atoms with E-state index in [1.807, 2.05) is 6.92 Å². The summed E-state index contributed by atoms with van der Waals surface area (Å²) < 4.78 is 0. The Balaban J connectivity index is 1.85. The highest BCUT2D eigenvalue weighted by atomic mass is 35.5. The largest absolute Gasteiger partial charge is 0.321 e. The third-order valence-electron chi connectivity index (χ3n) is 3.81. The van der Waals surface area contributed by atoms with E-state index in [2.05, 4.69) is 20.8 Å². The number of nitrogens with one attached hydrogen (secondary N) is 2. The van der Waals surface area contributed by atoms with E-state index in [0.29, 0.717) is 11.6 Å². The van der Waals surface area contributed by atoms with Crippen molar-refractivity contribution in [3.05, 3.63) is 73.7 Å². The third kappa shape index (κ3) is 4.73. The minimum atomic E-state index is -0.738. The topological polar surface area (TPSA) is 127 Å². The van der Waals surface area contributed by atoms with Crippen molar-refractivity contribution in [1.29, 1.82) is 0 Å². The molecule has 2 amide bonds. The molecule has 148 valence electrons. The first-order valence-corrected chi connectivity index (χ1v) is 9.56. The van der Waals surface area contributed by atoms with Gasteiger partial charge in [0.15, 0.2) is 0 Å². The van der Waals surface area contributed by atoms with Crippen LogP contribution in [0.3, 0.4) is 0 Å². The molecule has 2 N–H and O–H groups in total. The molecule has 0 unspecified atom stereocenters. The normalized spacial score (nSPS) is 10.4. The van der Waals surface area contributed by atoms with Crippen LogP contribution >= 0.6 is 22.9 Å². The van der Waals surface area contributed by atoms with Gasteiger partial charge in [0.1, 0.15) is 10.6 Å². The van der Waals surface area contributed by atoms with Gasteiger partial charge in [-0.15, -0.1) is 10.2 Å². The molecular weight excluding hydrogens is 418 g/mol. The van der Waals surface area contributed by atoms with Crippen LogP contribution in [0.4, 0.5) is 16.5 Å². The molecule has 1 heterocycles. The number of amides is 2. The SMILES string of the molecule is CCc1nnc(NC(=O)c2ccccc2NC(=O)c2ccc(Cl)cc2[N+](=O)[O-])s1. The molecule has 0 aliphatic heterocycles. The molecule has 2 aromatic carbocycles. The number of nitrogens with zero attached hydrogens (tertiary/aromatic N) is 3. The van der Waals surface area contributed by atoms with E-state index in [9.17, 15) is 19.7 Å². The molecule has 0 aliphatic carbocycles. The van der Waals surface area contributed by atoms with Crippen molar-refractivity contribution in [2.45, 2.75) is 13.3 Å². The number of para-hydroxylation sites is 1. The van der Waals surface area contributed by atoms with Crippen LogP contribution in [0.15, 0.2) is 42.5 Å². The zero-order valence-corrected chi connectivity index (χ0v) is 16.6. The van der Waals surface area contributed by atoms with Crippen molar-refractivity contribution >= 4 is 51.3 Å². The molecule has 3 aromatic rings. The fourth-order valence-corrected chi connectivity index (χ4v) is 3.28. The molecule has 0 saturated heterocycles. The highest BCUT2D eigenvalue weighted by molar-refractivity contribution is 7.15. The van der Waals surface area contributed by atoms with Crippen LogP contribution in [0.1, 0.15) is 32.6 Å². The Morgan fingerprint density at radius 3 is 2.52 bits per heavy atom. The molecule has 29 heavy (non-hydrogen) atoms. The first kappa shape index (κ1) is 20.4. The van der Waals surface area contributed by atoms with E-state index < -0.39 is 22.4 Å². The second kappa shape index (κ2) is 8.76. The number of aryl methyl sites for hydroxylation is 1. The van der Waals surface area contributed by atoms with E-state index in [4.69, 9.17) is 11.6 Å². The van der Waals surface area contributed by atoms with Gasteiger partial charge in [-0.2, -0.15) is 0 Å². The van der Waals surface area contributed by atoms with Gasteiger partial charge >= 0.3 is 0 Å². The predicted octanol–water partition coefficient (Wildman–Crippen LogP) is 4.17. The number of rotatable bonds is 6. The molecule has 9 nitrogen and oxygen atoms in total. The number of aromatic nitrogens is 2. The van der Waals surface area contributed by atoms with E-state index in [1.54, 1.807) is 12.1 Å². The number of carbonyl (C=O) groups is 2. The predicted molar refractivity (Wildman–Crippen MR) is 110 cm³/mol. The highest BCUT2D eigenvalue weighted by Gasteiger charge is 2.22. The van der Waals surface area contributed by atoms with Crippen LogP contribution in [-0.2, 0) is 6.42 Å². The lowest BCUT2D eigenvalue weighted by atomic mass is 10.1. The maximum absolute atomic E-state index is 12.6. The lowest BCUT2D eigenvalue weighted by Crippen LogP contribution is -2.19. The van der Waals surface area contributed by atoms with E-state index in [0.717, 1.165) is 11.1 Å². The van der Waals surface area contributed by atoms with Crippen LogP contribution in [0.5, 0.6) is 0 Å². The van der Waals surface area contributed by atoms with Gasteiger partial charge in [-0.1, -0.05) is 42.0 Å². The molecule has 0 bridgehead atoms. The van der Waals surface area contributed by atoms with Crippen molar-refractivity contribution < 1.29 is 14.5 Å². The molecule has 1 aromatic heterocycles. The zero-order valence-electron chi connectivity index (χ0n) is 15.0. The van der Waals surface area contributed by atoms with Gasteiger partial charge in [0.2, 0.25) is 5.13 Å². The smallest absolute Gasteiger partial charge is 0.283 e. The number of anilines is 2. The van der Waals surface area contributed by atoms with Gasteiger partial charge in [0.25, 0.3) is 17.5 Å². The summed E-state index contributed by atoms with van der Waals surface area (Å²) in [6.45, 7) is 1.92. The van der Waals surface area contributed by atoms with Crippen molar-refractivity contribution in [3.8, 4) is 0 Å². The molecule has 0 radical (unpaired) electrons. The molecular formula is C18H14ClN5O4S. The van der Waals surface area contributed by atoms with Gasteiger partial charge in [0, 0.05) is 11.1 Å². The highest BCUT2D eigenvalue weighted by Crippen LogP contribution is 2.25. The fourth-order valence-electron chi connectivity index (χ4n) is 2.44. The Morgan fingerprint density at radius 2 is 1.83 bits per heavy atom. The average molecular weight is 432 g/mol. The number of benzene rings is 2. The number of halogens is 1. The second-order valence-corrected chi connectivity index (χ2v) is 7.23. The van der Waals surface area contributed by atoms with Gasteiger partial charge in [-0.3, -0.25) is 25.0 Å². The molecule has 0 fully saturated rings. The minimum absolute atomic E-state index is 0.136. The molecule has 11 heteroatoms. The molecule has 0 saturated carbocycles. The maximum atomic E-state index is 12.6. The first-order valence-electron chi connectivity index (χ1n) is 8.37. The second-order valence-electron chi connectivity index (χ2n) is 5.73. The van der Waals surface area contributed by atoms with E-state index >= 15 is 0 Å². The Labute approximate surface area is 173 Å². The Morgan fingerprint density at radius 1 is 1.10 bits per heavy atom. The average Bonchev–Trinajstić information content (AvgIpc) is 3.15.